The molecule has 0 saturated carbocycles. The minimum atomic E-state index is -3.29. The number of amides is 1. The molecule has 1 atom stereocenters. The van der Waals surface area contributed by atoms with Gasteiger partial charge in [0.2, 0.25) is 15.9 Å². The second-order valence-corrected chi connectivity index (χ2v) is 8.83. The van der Waals surface area contributed by atoms with E-state index in [4.69, 9.17) is 0 Å². The topological polar surface area (TPSA) is 79.4 Å². The molecular formula is C16H18FN3O3S2. The van der Waals surface area contributed by atoms with Gasteiger partial charge in [0.1, 0.15) is 5.82 Å². The molecule has 0 bridgehead atoms. The number of nitrogens with zero attached hydrogens (tertiary/aromatic N) is 2. The Morgan fingerprint density at radius 2 is 2.08 bits per heavy atom. The molecule has 1 aliphatic heterocycles. The zero-order chi connectivity index (χ0) is 18.0. The smallest absolute Gasteiger partial charge is 0.230 e. The molecule has 9 heteroatoms. The summed E-state index contributed by atoms with van der Waals surface area (Å²) in [5, 5.41) is 4.99. The summed E-state index contributed by atoms with van der Waals surface area (Å²) in [5.74, 6) is -0.935. The molecule has 1 aliphatic rings. The average Bonchev–Trinajstić information content (AvgIpc) is 3.03. The van der Waals surface area contributed by atoms with Crippen LogP contribution < -0.4 is 5.32 Å². The summed E-state index contributed by atoms with van der Waals surface area (Å²) in [6.45, 7) is 0.648. The van der Waals surface area contributed by atoms with Crippen LogP contribution in [-0.4, -0.2) is 43.0 Å². The van der Waals surface area contributed by atoms with E-state index < -0.39 is 10.0 Å². The first-order chi connectivity index (χ1) is 11.8. The van der Waals surface area contributed by atoms with Crippen molar-refractivity contribution in [3.05, 3.63) is 35.5 Å². The molecule has 1 saturated heterocycles. The Balaban J connectivity index is 1.66. The van der Waals surface area contributed by atoms with Crippen molar-refractivity contribution in [3.8, 4) is 11.3 Å². The van der Waals surface area contributed by atoms with Gasteiger partial charge < -0.3 is 5.32 Å². The number of sulfonamides is 1. The molecule has 2 aromatic rings. The standard InChI is InChI=1S/C16H18FN3O3S2/c1-25(22,23)20-8-2-3-12(9-20)15(21)19-16-18-14(10-24-16)11-4-6-13(17)7-5-11/h4-7,10,12H,2-3,8-9H2,1H3,(H,18,19,21)/t12-/m0/s1. The molecule has 1 aromatic heterocycles. The monoisotopic (exact) mass is 383 g/mol. The second kappa shape index (κ2) is 7.19. The van der Waals surface area contributed by atoms with E-state index in [9.17, 15) is 17.6 Å². The number of carbonyl (C=O) groups excluding carboxylic acids is 1. The van der Waals surface area contributed by atoms with Gasteiger partial charge in [0.05, 0.1) is 17.9 Å². The zero-order valence-corrected chi connectivity index (χ0v) is 15.2. The van der Waals surface area contributed by atoms with Crippen LogP contribution in [-0.2, 0) is 14.8 Å². The quantitative estimate of drug-likeness (QED) is 0.880. The maximum absolute atomic E-state index is 13.0. The molecule has 25 heavy (non-hydrogen) atoms. The summed E-state index contributed by atoms with van der Waals surface area (Å²) in [6.07, 6.45) is 2.46. The molecule has 1 N–H and O–H groups in total. The van der Waals surface area contributed by atoms with Gasteiger partial charge in [-0.05, 0) is 37.1 Å². The highest BCUT2D eigenvalue weighted by atomic mass is 32.2. The molecular weight excluding hydrogens is 365 g/mol. The highest BCUT2D eigenvalue weighted by Crippen LogP contribution is 2.26. The van der Waals surface area contributed by atoms with Crippen LogP contribution in [0.5, 0.6) is 0 Å². The molecule has 0 aliphatic carbocycles. The summed E-state index contributed by atoms with van der Waals surface area (Å²) >= 11 is 1.28. The fourth-order valence-corrected chi connectivity index (χ4v) is 4.38. The van der Waals surface area contributed by atoms with Crippen molar-refractivity contribution in [1.29, 1.82) is 0 Å². The first-order valence-corrected chi connectivity index (χ1v) is 10.5. The molecule has 0 radical (unpaired) electrons. The van der Waals surface area contributed by atoms with E-state index in [1.807, 2.05) is 0 Å². The SMILES string of the molecule is CS(=O)(=O)N1CCC[C@H](C(=O)Nc2nc(-c3ccc(F)cc3)cs2)C1. The van der Waals surface area contributed by atoms with Gasteiger partial charge >= 0.3 is 0 Å². The van der Waals surface area contributed by atoms with Crippen LogP contribution in [0, 0.1) is 11.7 Å². The summed E-state index contributed by atoms with van der Waals surface area (Å²) in [5.41, 5.74) is 1.42. The number of aromatic nitrogens is 1. The van der Waals surface area contributed by atoms with Gasteiger partial charge in [-0.25, -0.2) is 22.1 Å². The van der Waals surface area contributed by atoms with Crippen LogP contribution in [0.4, 0.5) is 9.52 Å². The summed E-state index contributed by atoms with van der Waals surface area (Å²) in [7, 11) is -3.29. The van der Waals surface area contributed by atoms with Gasteiger partial charge in [-0.3, -0.25) is 4.79 Å². The van der Waals surface area contributed by atoms with Crippen LogP contribution in [0.3, 0.4) is 0 Å². The number of halogens is 1. The predicted octanol–water partition coefficient (Wildman–Crippen LogP) is 2.56. The van der Waals surface area contributed by atoms with E-state index in [1.54, 1.807) is 17.5 Å². The van der Waals surface area contributed by atoms with Crippen molar-refractivity contribution in [2.45, 2.75) is 12.8 Å². The van der Waals surface area contributed by atoms with Crippen molar-refractivity contribution < 1.29 is 17.6 Å². The van der Waals surface area contributed by atoms with Gasteiger partial charge in [0.25, 0.3) is 0 Å². The van der Waals surface area contributed by atoms with E-state index in [0.717, 1.165) is 11.8 Å². The minimum Gasteiger partial charge on any atom is -0.302 e. The number of thiazole rings is 1. The number of hydrogen-bond donors (Lipinski definition) is 1. The third kappa shape index (κ3) is 4.42. The first kappa shape index (κ1) is 18.0. The van der Waals surface area contributed by atoms with Crippen LogP contribution >= 0.6 is 11.3 Å². The summed E-state index contributed by atoms with van der Waals surface area (Å²) in [6, 6.07) is 5.96. The van der Waals surface area contributed by atoms with Crippen LogP contribution in [0.25, 0.3) is 11.3 Å². The Bertz CT molecular complexity index is 865. The molecule has 0 unspecified atom stereocenters. The van der Waals surface area contributed by atoms with Gasteiger partial charge in [0, 0.05) is 24.0 Å². The van der Waals surface area contributed by atoms with Crippen molar-refractivity contribution in [2.75, 3.05) is 24.7 Å². The van der Waals surface area contributed by atoms with Crippen molar-refractivity contribution in [1.82, 2.24) is 9.29 Å². The molecule has 6 nitrogen and oxygen atoms in total. The van der Waals surface area contributed by atoms with Crippen molar-refractivity contribution in [2.24, 2.45) is 5.92 Å². The lowest BCUT2D eigenvalue weighted by Crippen LogP contribution is -2.43. The number of carbonyl (C=O) groups is 1. The number of nitrogens with one attached hydrogen (secondary N) is 1. The van der Waals surface area contributed by atoms with Gasteiger partial charge in [-0.1, -0.05) is 0 Å². The van der Waals surface area contributed by atoms with Crippen molar-refractivity contribution >= 4 is 32.4 Å². The van der Waals surface area contributed by atoms with Crippen LogP contribution in [0.15, 0.2) is 29.6 Å². The molecule has 1 amide bonds. The number of piperidine rings is 1. The summed E-state index contributed by atoms with van der Waals surface area (Å²) < 4.78 is 37.6. The number of hydrogen-bond acceptors (Lipinski definition) is 5. The van der Waals surface area contributed by atoms with Gasteiger partial charge in [0.15, 0.2) is 5.13 Å². The van der Waals surface area contributed by atoms with E-state index in [-0.39, 0.29) is 24.2 Å². The molecule has 134 valence electrons. The Kier molecular flexibility index (Phi) is 5.16. The predicted molar refractivity (Wildman–Crippen MR) is 95.3 cm³/mol. The number of rotatable bonds is 4. The van der Waals surface area contributed by atoms with E-state index in [2.05, 4.69) is 10.3 Å². The molecule has 2 heterocycles. The lowest BCUT2D eigenvalue weighted by Gasteiger charge is -2.29. The highest BCUT2D eigenvalue weighted by Gasteiger charge is 2.30. The first-order valence-electron chi connectivity index (χ1n) is 7.80. The second-order valence-electron chi connectivity index (χ2n) is 5.99. The minimum absolute atomic E-state index is 0.195. The van der Waals surface area contributed by atoms with E-state index in [1.165, 1.54) is 27.8 Å². The number of anilines is 1. The van der Waals surface area contributed by atoms with E-state index >= 15 is 0 Å². The fourth-order valence-electron chi connectivity index (χ4n) is 2.75. The Labute approximate surface area is 149 Å². The molecule has 1 aromatic carbocycles. The Hall–Kier alpha value is -1.84. The maximum Gasteiger partial charge on any atom is 0.230 e. The zero-order valence-electron chi connectivity index (χ0n) is 13.6. The van der Waals surface area contributed by atoms with Crippen LogP contribution in [0.1, 0.15) is 12.8 Å². The van der Waals surface area contributed by atoms with E-state index in [0.29, 0.717) is 30.2 Å². The largest absolute Gasteiger partial charge is 0.302 e. The summed E-state index contributed by atoms with van der Waals surface area (Å²) in [4.78, 5) is 16.8. The third-order valence-corrected chi connectivity index (χ3v) is 6.13. The fraction of sp³-hybridized carbons (Fsp3) is 0.375. The average molecular weight is 383 g/mol. The molecule has 0 spiro atoms. The molecule has 3 rings (SSSR count). The maximum atomic E-state index is 13.0. The highest BCUT2D eigenvalue weighted by molar-refractivity contribution is 7.88. The Morgan fingerprint density at radius 1 is 1.36 bits per heavy atom. The lowest BCUT2D eigenvalue weighted by atomic mass is 9.99. The normalized spacial score (nSPS) is 18.9. The number of benzene rings is 1. The lowest BCUT2D eigenvalue weighted by molar-refractivity contribution is -0.120. The van der Waals surface area contributed by atoms with Crippen molar-refractivity contribution in [3.63, 3.8) is 0 Å². The Morgan fingerprint density at radius 3 is 2.76 bits per heavy atom. The van der Waals surface area contributed by atoms with Gasteiger partial charge in [-0.15, -0.1) is 11.3 Å². The van der Waals surface area contributed by atoms with Crippen LogP contribution in [0.2, 0.25) is 0 Å². The third-order valence-electron chi connectivity index (χ3n) is 4.10. The molecule has 1 fully saturated rings. The van der Waals surface area contributed by atoms with Gasteiger partial charge in [-0.2, -0.15) is 0 Å².